The Morgan fingerprint density at radius 1 is 1.21 bits per heavy atom. The van der Waals surface area contributed by atoms with Gasteiger partial charge in [0.05, 0.1) is 5.02 Å². The highest BCUT2D eigenvalue weighted by molar-refractivity contribution is 8.13. The van der Waals surface area contributed by atoms with Crippen LogP contribution >= 0.6 is 33.9 Å². The lowest BCUT2D eigenvalue weighted by Crippen LogP contribution is -2.16. The lowest BCUT2D eigenvalue weighted by Gasteiger charge is -2.19. The fourth-order valence-electron chi connectivity index (χ4n) is 1.84. The third-order valence-electron chi connectivity index (χ3n) is 2.76. The van der Waals surface area contributed by atoms with Gasteiger partial charge in [-0.15, -0.1) is 0 Å². The van der Waals surface area contributed by atoms with Crippen LogP contribution in [0.2, 0.25) is 10.0 Å². The molecule has 0 aliphatic heterocycles. The summed E-state index contributed by atoms with van der Waals surface area (Å²) in [6.07, 6.45) is 6.90. The van der Waals surface area contributed by atoms with E-state index in [4.69, 9.17) is 38.6 Å². The maximum Gasteiger partial charge on any atom is 0.262 e. The molecule has 0 heterocycles. The maximum atomic E-state index is 11.3. The molecule has 7 heteroatoms. The fourth-order valence-corrected chi connectivity index (χ4v) is 3.61. The van der Waals surface area contributed by atoms with Crippen molar-refractivity contribution >= 4 is 42.9 Å². The van der Waals surface area contributed by atoms with Gasteiger partial charge in [0, 0.05) is 10.7 Å². The smallest absolute Gasteiger partial charge is 0.262 e. The first-order valence-corrected chi connectivity index (χ1v) is 8.72. The second-order valence-corrected chi connectivity index (χ2v) is 7.43. The van der Waals surface area contributed by atoms with Gasteiger partial charge in [-0.05, 0) is 37.5 Å². The molecule has 0 spiro atoms. The Morgan fingerprint density at radius 3 is 2.53 bits per heavy atom. The Morgan fingerprint density at radius 2 is 1.95 bits per heavy atom. The molecular weight excluding hydrogens is 331 g/mol. The molecule has 0 saturated heterocycles. The largest absolute Gasteiger partial charge is 0.485 e. The van der Waals surface area contributed by atoms with Crippen LogP contribution in [0.3, 0.4) is 0 Å². The summed E-state index contributed by atoms with van der Waals surface area (Å²) in [6.45, 7) is 0. The highest BCUT2D eigenvalue weighted by atomic mass is 35.7. The van der Waals surface area contributed by atoms with Crippen molar-refractivity contribution < 1.29 is 13.2 Å². The zero-order valence-corrected chi connectivity index (χ0v) is 12.9. The van der Waals surface area contributed by atoms with Gasteiger partial charge in [-0.25, -0.2) is 8.42 Å². The van der Waals surface area contributed by atoms with Crippen molar-refractivity contribution in [2.24, 2.45) is 0 Å². The van der Waals surface area contributed by atoms with Crippen molar-refractivity contribution in [1.29, 1.82) is 0 Å². The lowest BCUT2D eigenvalue weighted by molar-refractivity contribution is 0.230. The van der Waals surface area contributed by atoms with Gasteiger partial charge < -0.3 is 4.74 Å². The van der Waals surface area contributed by atoms with Gasteiger partial charge in [0.2, 0.25) is 0 Å². The van der Waals surface area contributed by atoms with E-state index in [1.54, 1.807) is 0 Å². The monoisotopic (exact) mass is 340 g/mol. The zero-order valence-electron chi connectivity index (χ0n) is 9.77. The van der Waals surface area contributed by atoms with E-state index in [1.807, 2.05) is 12.2 Å². The first-order valence-electron chi connectivity index (χ1n) is 5.65. The molecule has 104 valence electrons. The summed E-state index contributed by atoms with van der Waals surface area (Å²) < 4.78 is 28.2. The Bertz CT molecular complexity index is 611. The highest BCUT2D eigenvalue weighted by Crippen LogP contribution is 2.38. The fraction of sp³-hybridized carbons (Fsp3) is 0.333. The number of rotatable bonds is 3. The van der Waals surface area contributed by atoms with Crippen molar-refractivity contribution in [3.05, 3.63) is 34.3 Å². The van der Waals surface area contributed by atoms with Crippen LogP contribution in [0.5, 0.6) is 5.75 Å². The van der Waals surface area contributed by atoms with Crippen LogP contribution in [0.15, 0.2) is 29.2 Å². The number of hydrogen-bond donors (Lipinski definition) is 0. The number of ether oxygens (including phenoxy) is 1. The summed E-state index contributed by atoms with van der Waals surface area (Å²) in [6, 6.07) is 2.75. The van der Waals surface area contributed by atoms with E-state index in [2.05, 4.69) is 0 Å². The zero-order chi connectivity index (χ0) is 14.0. The van der Waals surface area contributed by atoms with E-state index in [0.29, 0.717) is 5.75 Å². The molecule has 1 atom stereocenters. The van der Waals surface area contributed by atoms with E-state index >= 15 is 0 Å². The van der Waals surface area contributed by atoms with Crippen LogP contribution in [-0.2, 0) is 9.05 Å². The van der Waals surface area contributed by atoms with E-state index < -0.39 is 9.05 Å². The molecular formula is C12H11Cl3O3S. The molecule has 0 saturated carbocycles. The number of halogens is 3. The van der Waals surface area contributed by atoms with Crippen LogP contribution in [0.4, 0.5) is 0 Å². The average molecular weight is 342 g/mol. The molecule has 1 aromatic carbocycles. The molecule has 1 aromatic rings. The molecule has 0 aromatic heterocycles. The Hall–Kier alpha value is -0.420. The first kappa shape index (κ1) is 15.0. The van der Waals surface area contributed by atoms with Gasteiger partial charge in [0.15, 0.2) is 0 Å². The van der Waals surface area contributed by atoms with Crippen LogP contribution in [-0.4, -0.2) is 14.5 Å². The minimum absolute atomic E-state index is 0.0577. The molecule has 2 rings (SSSR count). The topological polar surface area (TPSA) is 43.4 Å². The van der Waals surface area contributed by atoms with Gasteiger partial charge in [0.25, 0.3) is 9.05 Å². The predicted molar refractivity (Wildman–Crippen MR) is 76.9 cm³/mol. The lowest BCUT2D eigenvalue weighted by atomic mass is 10.1. The van der Waals surface area contributed by atoms with Gasteiger partial charge >= 0.3 is 0 Å². The molecule has 0 fully saturated rings. The minimum Gasteiger partial charge on any atom is -0.485 e. The highest BCUT2D eigenvalue weighted by Gasteiger charge is 2.21. The Kier molecular flexibility index (Phi) is 4.66. The second-order valence-electron chi connectivity index (χ2n) is 4.14. The van der Waals surface area contributed by atoms with Crippen LogP contribution in [0, 0.1) is 0 Å². The molecule has 0 bridgehead atoms. The first-order chi connectivity index (χ1) is 8.89. The van der Waals surface area contributed by atoms with Gasteiger partial charge in [-0.2, -0.15) is 0 Å². The normalized spacial score (nSPS) is 19.4. The van der Waals surface area contributed by atoms with Crippen molar-refractivity contribution in [3.63, 3.8) is 0 Å². The van der Waals surface area contributed by atoms with E-state index in [9.17, 15) is 8.42 Å². The van der Waals surface area contributed by atoms with Gasteiger partial charge in [0.1, 0.15) is 21.8 Å². The maximum absolute atomic E-state index is 11.3. The van der Waals surface area contributed by atoms with Crippen molar-refractivity contribution in [2.75, 3.05) is 0 Å². The quantitative estimate of drug-likeness (QED) is 0.604. The van der Waals surface area contributed by atoms with E-state index in [-0.39, 0.29) is 21.0 Å². The number of benzene rings is 1. The molecule has 0 radical (unpaired) electrons. The van der Waals surface area contributed by atoms with Gasteiger partial charge in [-0.1, -0.05) is 29.3 Å². The Balaban J connectivity index is 2.31. The summed E-state index contributed by atoms with van der Waals surface area (Å²) >= 11 is 11.9. The SMILES string of the molecule is O=S(=O)(Cl)c1ccc(OC2C=CCCC2)c(Cl)c1Cl. The van der Waals surface area contributed by atoms with Crippen LogP contribution in [0.25, 0.3) is 0 Å². The number of hydrogen-bond acceptors (Lipinski definition) is 3. The molecule has 0 amide bonds. The van der Waals surface area contributed by atoms with Crippen LogP contribution in [0.1, 0.15) is 19.3 Å². The Labute approximate surface area is 126 Å². The summed E-state index contributed by atoms with van der Waals surface area (Å²) in [4.78, 5) is -0.215. The van der Waals surface area contributed by atoms with E-state index in [1.165, 1.54) is 12.1 Å². The molecule has 1 aliphatic rings. The third kappa shape index (κ3) is 3.57. The van der Waals surface area contributed by atoms with Crippen molar-refractivity contribution in [3.8, 4) is 5.75 Å². The molecule has 1 unspecified atom stereocenters. The van der Waals surface area contributed by atoms with E-state index in [0.717, 1.165) is 19.3 Å². The third-order valence-corrected chi connectivity index (χ3v) is 5.10. The summed E-state index contributed by atoms with van der Waals surface area (Å²) in [5, 5.41) is -0.0590. The summed E-state index contributed by atoms with van der Waals surface area (Å²) in [5.41, 5.74) is 0. The molecule has 3 nitrogen and oxygen atoms in total. The molecule has 0 N–H and O–H groups in total. The summed E-state index contributed by atoms with van der Waals surface area (Å²) in [5.74, 6) is 0.354. The predicted octanol–water partition coefficient (Wildman–Crippen LogP) is 4.41. The van der Waals surface area contributed by atoms with Crippen molar-refractivity contribution in [1.82, 2.24) is 0 Å². The molecule has 19 heavy (non-hydrogen) atoms. The van der Waals surface area contributed by atoms with Crippen molar-refractivity contribution in [2.45, 2.75) is 30.3 Å². The summed E-state index contributed by atoms with van der Waals surface area (Å²) in [7, 11) is 1.34. The number of allylic oxidation sites excluding steroid dienone is 1. The second kappa shape index (κ2) is 5.92. The average Bonchev–Trinajstić information content (AvgIpc) is 2.35. The van der Waals surface area contributed by atoms with Gasteiger partial charge in [-0.3, -0.25) is 0 Å². The molecule has 1 aliphatic carbocycles. The minimum atomic E-state index is -3.92. The standard InChI is InChI=1S/C12H11Cl3O3S/c13-11-9(18-8-4-2-1-3-5-8)6-7-10(12(11)14)19(15,16)17/h2,4,6-8H,1,3,5H2. The van der Waals surface area contributed by atoms with Crippen LogP contribution < -0.4 is 4.74 Å².